The highest BCUT2D eigenvalue weighted by Crippen LogP contribution is 2.24. The molecule has 6 heteroatoms. The smallest absolute Gasteiger partial charge is 0.255 e. The number of amides is 2. The Hall–Kier alpha value is -2.40. The van der Waals surface area contributed by atoms with Crippen molar-refractivity contribution in [2.24, 2.45) is 5.92 Å². The number of carbonyl (C=O) groups excluding carboxylic acids is 2. The van der Waals surface area contributed by atoms with Crippen LogP contribution in [-0.4, -0.2) is 24.9 Å². The van der Waals surface area contributed by atoms with E-state index in [0.717, 1.165) is 5.69 Å². The van der Waals surface area contributed by atoms with E-state index in [-0.39, 0.29) is 22.4 Å². The second-order valence-corrected chi connectivity index (χ2v) is 6.12. The molecule has 0 aromatic heterocycles. The first-order chi connectivity index (χ1) is 11.6. The van der Waals surface area contributed by atoms with Crippen molar-refractivity contribution in [2.75, 3.05) is 18.0 Å². The van der Waals surface area contributed by atoms with Gasteiger partial charge in [0, 0.05) is 31.1 Å². The zero-order chi connectivity index (χ0) is 17.1. The summed E-state index contributed by atoms with van der Waals surface area (Å²) in [5.74, 6) is -1.23. The maximum atomic E-state index is 13.7. The zero-order valence-corrected chi connectivity index (χ0v) is 13.6. The predicted molar refractivity (Wildman–Crippen MR) is 90.6 cm³/mol. The van der Waals surface area contributed by atoms with E-state index in [2.05, 4.69) is 5.32 Å². The van der Waals surface area contributed by atoms with Crippen molar-refractivity contribution in [1.82, 2.24) is 5.32 Å². The molecule has 4 nitrogen and oxygen atoms in total. The van der Waals surface area contributed by atoms with E-state index < -0.39 is 11.7 Å². The molecule has 1 atom stereocenters. The van der Waals surface area contributed by atoms with Gasteiger partial charge in [-0.05, 0) is 24.3 Å². The number of nitrogens with one attached hydrogen (secondary N) is 1. The molecule has 0 saturated carbocycles. The maximum Gasteiger partial charge on any atom is 0.255 e. The van der Waals surface area contributed by atoms with Crippen LogP contribution in [0.5, 0.6) is 0 Å². The normalized spacial score (nSPS) is 17.2. The minimum Gasteiger partial charge on any atom is -0.352 e. The van der Waals surface area contributed by atoms with E-state index >= 15 is 0 Å². The van der Waals surface area contributed by atoms with Gasteiger partial charge >= 0.3 is 0 Å². The number of hydrogen-bond donors (Lipinski definition) is 1. The van der Waals surface area contributed by atoms with E-state index in [9.17, 15) is 14.0 Å². The molecule has 0 unspecified atom stereocenters. The van der Waals surface area contributed by atoms with Crippen LogP contribution in [0.2, 0.25) is 5.02 Å². The molecule has 1 heterocycles. The maximum absolute atomic E-state index is 13.7. The van der Waals surface area contributed by atoms with Crippen LogP contribution in [0.25, 0.3) is 0 Å². The molecule has 1 aliphatic rings. The Morgan fingerprint density at radius 1 is 1.21 bits per heavy atom. The van der Waals surface area contributed by atoms with Crippen LogP contribution >= 0.6 is 11.6 Å². The van der Waals surface area contributed by atoms with Crippen molar-refractivity contribution < 1.29 is 14.0 Å². The number of halogens is 2. The van der Waals surface area contributed by atoms with E-state index in [0.29, 0.717) is 19.5 Å². The Balaban J connectivity index is 1.62. The third kappa shape index (κ3) is 3.41. The number of anilines is 1. The first-order valence-corrected chi connectivity index (χ1v) is 8.01. The number of hydrogen-bond acceptors (Lipinski definition) is 2. The van der Waals surface area contributed by atoms with Gasteiger partial charge in [0.25, 0.3) is 5.91 Å². The molecular weight excluding hydrogens is 331 g/mol. The highest BCUT2D eigenvalue weighted by molar-refractivity contribution is 6.33. The van der Waals surface area contributed by atoms with Crippen molar-refractivity contribution >= 4 is 29.1 Å². The molecule has 1 fully saturated rings. The van der Waals surface area contributed by atoms with Crippen LogP contribution in [0.3, 0.4) is 0 Å². The molecule has 0 aliphatic carbocycles. The molecule has 124 valence electrons. The molecule has 0 radical (unpaired) electrons. The summed E-state index contributed by atoms with van der Waals surface area (Å²) in [7, 11) is 0. The molecule has 3 rings (SSSR count). The third-order valence-electron chi connectivity index (χ3n) is 4.01. The molecule has 0 spiro atoms. The summed E-state index contributed by atoms with van der Waals surface area (Å²) in [5, 5.41) is 2.74. The fourth-order valence-corrected chi connectivity index (χ4v) is 3.06. The first kappa shape index (κ1) is 16.5. The Morgan fingerprint density at radius 2 is 1.96 bits per heavy atom. The molecule has 2 amide bonds. The monoisotopic (exact) mass is 346 g/mol. The lowest BCUT2D eigenvalue weighted by Gasteiger charge is -2.17. The SMILES string of the molecule is O=C(NC[C@@H]1CC(=O)N(c2ccccc2)C1)c1c(F)cccc1Cl. The Labute approximate surface area is 144 Å². The minimum atomic E-state index is -0.659. The molecule has 0 bridgehead atoms. The van der Waals surface area contributed by atoms with Crippen LogP contribution in [0.15, 0.2) is 48.5 Å². The quantitative estimate of drug-likeness (QED) is 0.923. The number of rotatable bonds is 4. The number of nitrogens with zero attached hydrogens (tertiary/aromatic N) is 1. The highest BCUT2D eigenvalue weighted by atomic mass is 35.5. The number of para-hydroxylation sites is 1. The molecule has 1 N–H and O–H groups in total. The van der Waals surface area contributed by atoms with Gasteiger partial charge in [0.2, 0.25) is 5.91 Å². The summed E-state index contributed by atoms with van der Waals surface area (Å²) >= 11 is 5.88. The summed E-state index contributed by atoms with van der Waals surface area (Å²) < 4.78 is 13.7. The van der Waals surface area contributed by atoms with Crippen molar-refractivity contribution in [2.45, 2.75) is 6.42 Å². The Bertz CT molecular complexity index is 747. The summed E-state index contributed by atoms with van der Waals surface area (Å²) in [6, 6.07) is 13.5. The number of carbonyl (C=O) groups is 2. The largest absolute Gasteiger partial charge is 0.352 e. The van der Waals surface area contributed by atoms with Crippen LogP contribution in [-0.2, 0) is 4.79 Å². The fourth-order valence-electron chi connectivity index (χ4n) is 2.82. The van der Waals surface area contributed by atoms with Crippen LogP contribution < -0.4 is 10.2 Å². The lowest BCUT2D eigenvalue weighted by Crippen LogP contribution is -2.31. The summed E-state index contributed by atoms with van der Waals surface area (Å²) in [6.07, 6.45) is 0.347. The minimum absolute atomic E-state index is 0.0179. The van der Waals surface area contributed by atoms with Crippen LogP contribution in [0.4, 0.5) is 10.1 Å². The average molecular weight is 347 g/mol. The second kappa shape index (κ2) is 7.01. The van der Waals surface area contributed by atoms with Crippen LogP contribution in [0.1, 0.15) is 16.8 Å². The van der Waals surface area contributed by atoms with E-state index in [1.165, 1.54) is 18.2 Å². The predicted octanol–water partition coefficient (Wildman–Crippen LogP) is 3.26. The molecule has 1 aliphatic heterocycles. The topological polar surface area (TPSA) is 49.4 Å². The van der Waals surface area contributed by atoms with Crippen molar-refractivity contribution in [3.63, 3.8) is 0 Å². The summed E-state index contributed by atoms with van der Waals surface area (Å²) in [5.41, 5.74) is 0.678. The standard InChI is InChI=1S/C18H16ClFN2O2/c19-14-7-4-8-15(20)17(14)18(24)21-10-12-9-16(23)22(11-12)13-5-2-1-3-6-13/h1-8,12H,9-11H2,(H,21,24)/t12-/m0/s1. The lowest BCUT2D eigenvalue weighted by molar-refractivity contribution is -0.117. The summed E-state index contributed by atoms with van der Waals surface area (Å²) in [4.78, 5) is 26.0. The van der Waals surface area contributed by atoms with Gasteiger partial charge in [0.15, 0.2) is 0 Å². The van der Waals surface area contributed by atoms with Crippen LogP contribution in [0, 0.1) is 11.7 Å². The molecule has 1 saturated heterocycles. The zero-order valence-electron chi connectivity index (χ0n) is 12.8. The van der Waals surface area contributed by atoms with Gasteiger partial charge in [0.05, 0.1) is 10.6 Å². The molecule has 24 heavy (non-hydrogen) atoms. The van der Waals surface area contributed by atoms with Crippen molar-refractivity contribution in [1.29, 1.82) is 0 Å². The Morgan fingerprint density at radius 3 is 2.67 bits per heavy atom. The lowest BCUT2D eigenvalue weighted by atomic mass is 10.1. The molecular formula is C18H16ClFN2O2. The van der Waals surface area contributed by atoms with Crippen molar-refractivity contribution in [3.8, 4) is 0 Å². The average Bonchev–Trinajstić information content (AvgIpc) is 2.94. The fraction of sp³-hybridized carbons (Fsp3) is 0.222. The van der Waals surface area contributed by atoms with Crippen molar-refractivity contribution in [3.05, 3.63) is 64.9 Å². The van der Waals surface area contributed by atoms with E-state index in [1.54, 1.807) is 4.90 Å². The van der Waals surface area contributed by atoms with Gasteiger partial charge in [0.1, 0.15) is 5.82 Å². The van der Waals surface area contributed by atoms with Gasteiger partial charge < -0.3 is 10.2 Å². The van der Waals surface area contributed by atoms with Gasteiger partial charge in [-0.15, -0.1) is 0 Å². The second-order valence-electron chi connectivity index (χ2n) is 5.72. The van der Waals surface area contributed by atoms with Gasteiger partial charge in [-0.2, -0.15) is 0 Å². The number of benzene rings is 2. The third-order valence-corrected chi connectivity index (χ3v) is 4.33. The first-order valence-electron chi connectivity index (χ1n) is 7.64. The molecule has 2 aromatic rings. The van der Waals surface area contributed by atoms with Gasteiger partial charge in [-0.1, -0.05) is 35.9 Å². The highest BCUT2D eigenvalue weighted by Gasteiger charge is 2.31. The van der Waals surface area contributed by atoms with E-state index in [1.807, 2.05) is 30.3 Å². The van der Waals surface area contributed by atoms with E-state index in [4.69, 9.17) is 11.6 Å². The van der Waals surface area contributed by atoms with Gasteiger partial charge in [-0.3, -0.25) is 9.59 Å². The van der Waals surface area contributed by atoms with Gasteiger partial charge in [-0.25, -0.2) is 4.39 Å². The molecule has 2 aromatic carbocycles. The summed E-state index contributed by atoms with van der Waals surface area (Å²) in [6.45, 7) is 0.812. The Kier molecular flexibility index (Phi) is 4.81.